The molecule has 1 heterocycles. The van der Waals surface area contributed by atoms with E-state index in [0.717, 1.165) is 6.42 Å². The average Bonchev–Trinajstić information content (AvgIpc) is 2.89. The molecule has 1 N–H and O–H groups in total. The molecule has 1 nitrogen and oxygen atoms in total. The highest BCUT2D eigenvalue weighted by atomic mass is 32.1. The van der Waals surface area contributed by atoms with E-state index in [4.69, 9.17) is 0 Å². The SMILES string of the molecule is OC(CCc1ccsc1)c1ccc(C(F)F)cc1. The molecule has 0 saturated heterocycles. The molecule has 0 spiro atoms. The molecule has 0 aliphatic carbocycles. The fourth-order valence-corrected chi connectivity index (χ4v) is 2.47. The molecule has 0 amide bonds. The molecule has 0 bridgehead atoms. The van der Waals surface area contributed by atoms with Crippen LogP contribution in [0.3, 0.4) is 0 Å². The van der Waals surface area contributed by atoms with E-state index in [9.17, 15) is 13.9 Å². The van der Waals surface area contributed by atoms with Gasteiger partial charge >= 0.3 is 0 Å². The number of hydrogen-bond donors (Lipinski definition) is 1. The van der Waals surface area contributed by atoms with Crippen LogP contribution in [0.1, 0.15) is 35.6 Å². The molecule has 2 rings (SSSR count). The fraction of sp³-hybridized carbons (Fsp3) is 0.286. The van der Waals surface area contributed by atoms with Crippen LogP contribution in [0.15, 0.2) is 41.1 Å². The van der Waals surface area contributed by atoms with Crippen molar-refractivity contribution in [2.45, 2.75) is 25.4 Å². The van der Waals surface area contributed by atoms with Crippen LogP contribution in [0.2, 0.25) is 0 Å². The first kappa shape index (κ1) is 13.2. The van der Waals surface area contributed by atoms with E-state index in [1.165, 1.54) is 17.7 Å². The number of aliphatic hydroxyl groups is 1. The topological polar surface area (TPSA) is 20.2 Å². The summed E-state index contributed by atoms with van der Waals surface area (Å²) in [4.78, 5) is 0. The van der Waals surface area contributed by atoms with Crippen LogP contribution in [-0.2, 0) is 6.42 Å². The Morgan fingerprint density at radius 1 is 1.06 bits per heavy atom. The van der Waals surface area contributed by atoms with Crippen LogP contribution in [0.25, 0.3) is 0 Å². The van der Waals surface area contributed by atoms with Crippen molar-refractivity contribution in [3.63, 3.8) is 0 Å². The summed E-state index contributed by atoms with van der Waals surface area (Å²) in [6.45, 7) is 0. The third kappa shape index (κ3) is 3.37. The van der Waals surface area contributed by atoms with Crippen molar-refractivity contribution in [1.82, 2.24) is 0 Å². The molecule has 96 valence electrons. The van der Waals surface area contributed by atoms with Crippen LogP contribution < -0.4 is 0 Å². The zero-order valence-corrected chi connectivity index (χ0v) is 10.5. The van der Waals surface area contributed by atoms with E-state index < -0.39 is 12.5 Å². The Labute approximate surface area is 109 Å². The molecule has 1 aromatic heterocycles. The van der Waals surface area contributed by atoms with Crippen molar-refractivity contribution in [3.05, 3.63) is 57.8 Å². The lowest BCUT2D eigenvalue weighted by molar-refractivity contribution is 0.150. The Hall–Kier alpha value is -1.26. The van der Waals surface area contributed by atoms with Gasteiger partial charge in [-0.05, 0) is 40.8 Å². The number of benzene rings is 1. The predicted octanol–water partition coefficient (Wildman–Crippen LogP) is 4.35. The van der Waals surface area contributed by atoms with Gasteiger partial charge in [0, 0.05) is 5.56 Å². The minimum atomic E-state index is -2.46. The van der Waals surface area contributed by atoms with Gasteiger partial charge in [0.25, 0.3) is 6.43 Å². The maximum absolute atomic E-state index is 12.4. The number of aryl methyl sites for hydroxylation is 1. The summed E-state index contributed by atoms with van der Waals surface area (Å²) >= 11 is 1.63. The molecule has 0 radical (unpaired) electrons. The average molecular weight is 268 g/mol. The van der Waals surface area contributed by atoms with Crippen LogP contribution >= 0.6 is 11.3 Å². The van der Waals surface area contributed by atoms with Crippen molar-refractivity contribution in [1.29, 1.82) is 0 Å². The first-order valence-electron chi connectivity index (χ1n) is 5.74. The number of hydrogen-bond acceptors (Lipinski definition) is 2. The first-order chi connectivity index (χ1) is 8.66. The molecule has 0 saturated carbocycles. The van der Waals surface area contributed by atoms with Gasteiger partial charge in [0.1, 0.15) is 0 Å². The molecule has 2 aromatic rings. The standard InChI is InChI=1S/C14H14F2OS/c15-14(16)12-4-2-11(3-5-12)13(17)6-1-10-7-8-18-9-10/h2-5,7-9,13-14,17H,1,6H2. The maximum atomic E-state index is 12.4. The Morgan fingerprint density at radius 2 is 1.72 bits per heavy atom. The summed E-state index contributed by atoms with van der Waals surface area (Å²) in [6.07, 6.45) is -1.66. The Balaban J connectivity index is 1.94. The van der Waals surface area contributed by atoms with Crippen molar-refractivity contribution < 1.29 is 13.9 Å². The fourth-order valence-electron chi connectivity index (χ4n) is 1.77. The van der Waals surface area contributed by atoms with Gasteiger partial charge in [0.2, 0.25) is 0 Å². The number of alkyl halides is 2. The van der Waals surface area contributed by atoms with E-state index in [1.807, 2.05) is 16.8 Å². The van der Waals surface area contributed by atoms with Gasteiger partial charge in [0.05, 0.1) is 6.10 Å². The minimum Gasteiger partial charge on any atom is -0.388 e. The van der Waals surface area contributed by atoms with Gasteiger partial charge in [0.15, 0.2) is 0 Å². The highest BCUT2D eigenvalue weighted by Gasteiger charge is 2.10. The third-order valence-electron chi connectivity index (χ3n) is 2.86. The molecule has 18 heavy (non-hydrogen) atoms. The van der Waals surface area contributed by atoms with Gasteiger partial charge in [-0.3, -0.25) is 0 Å². The summed E-state index contributed by atoms with van der Waals surface area (Å²) in [7, 11) is 0. The molecule has 0 aliphatic rings. The molecule has 0 fully saturated rings. The number of thiophene rings is 1. The quantitative estimate of drug-likeness (QED) is 0.854. The minimum absolute atomic E-state index is 0.0104. The highest BCUT2D eigenvalue weighted by Crippen LogP contribution is 2.24. The van der Waals surface area contributed by atoms with E-state index in [-0.39, 0.29) is 5.56 Å². The number of halogens is 2. The zero-order valence-electron chi connectivity index (χ0n) is 9.72. The second kappa shape index (κ2) is 6.07. The second-order valence-corrected chi connectivity index (χ2v) is 4.93. The van der Waals surface area contributed by atoms with E-state index >= 15 is 0 Å². The van der Waals surface area contributed by atoms with Crippen LogP contribution in [0.5, 0.6) is 0 Å². The van der Waals surface area contributed by atoms with Gasteiger partial charge in [-0.15, -0.1) is 0 Å². The molecule has 0 aliphatic heterocycles. The molecule has 4 heteroatoms. The van der Waals surface area contributed by atoms with Crippen molar-refractivity contribution >= 4 is 11.3 Å². The molecular formula is C14H14F2OS. The number of aliphatic hydroxyl groups excluding tert-OH is 1. The van der Waals surface area contributed by atoms with Crippen molar-refractivity contribution in [3.8, 4) is 0 Å². The van der Waals surface area contributed by atoms with E-state index in [1.54, 1.807) is 23.5 Å². The molecule has 1 unspecified atom stereocenters. The monoisotopic (exact) mass is 268 g/mol. The van der Waals surface area contributed by atoms with Crippen LogP contribution in [0.4, 0.5) is 8.78 Å². The van der Waals surface area contributed by atoms with Crippen molar-refractivity contribution in [2.75, 3.05) is 0 Å². The summed E-state index contributed by atoms with van der Waals surface area (Å²) in [5.74, 6) is 0. The van der Waals surface area contributed by atoms with Crippen LogP contribution in [-0.4, -0.2) is 5.11 Å². The lowest BCUT2D eigenvalue weighted by atomic mass is 10.0. The zero-order chi connectivity index (χ0) is 13.0. The first-order valence-corrected chi connectivity index (χ1v) is 6.68. The summed E-state index contributed by atoms with van der Waals surface area (Å²) in [5.41, 5.74) is 1.88. The summed E-state index contributed by atoms with van der Waals surface area (Å²) in [6, 6.07) is 7.90. The number of rotatable bonds is 5. The Morgan fingerprint density at radius 3 is 2.28 bits per heavy atom. The lowest BCUT2D eigenvalue weighted by Gasteiger charge is -2.11. The lowest BCUT2D eigenvalue weighted by Crippen LogP contribution is -1.99. The largest absolute Gasteiger partial charge is 0.388 e. The van der Waals surface area contributed by atoms with Gasteiger partial charge in [-0.2, -0.15) is 11.3 Å². The predicted molar refractivity (Wildman–Crippen MR) is 69.0 cm³/mol. The molecule has 1 atom stereocenters. The van der Waals surface area contributed by atoms with E-state index in [0.29, 0.717) is 12.0 Å². The third-order valence-corrected chi connectivity index (χ3v) is 3.59. The Kier molecular flexibility index (Phi) is 4.44. The van der Waals surface area contributed by atoms with Crippen molar-refractivity contribution in [2.24, 2.45) is 0 Å². The smallest absolute Gasteiger partial charge is 0.263 e. The molecular weight excluding hydrogens is 254 g/mol. The maximum Gasteiger partial charge on any atom is 0.263 e. The Bertz CT molecular complexity index is 465. The normalized spacial score (nSPS) is 12.9. The second-order valence-electron chi connectivity index (χ2n) is 4.15. The van der Waals surface area contributed by atoms with E-state index in [2.05, 4.69) is 0 Å². The summed E-state index contributed by atoms with van der Waals surface area (Å²) in [5, 5.41) is 14.0. The van der Waals surface area contributed by atoms with Gasteiger partial charge in [-0.25, -0.2) is 8.78 Å². The van der Waals surface area contributed by atoms with Gasteiger partial charge < -0.3 is 5.11 Å². The summed E-state index contributed by atoms with van der Waals surface area (Å²) < 4.78 is 24.7. The highest BCUT2D eigenvalue weighted by molar-refractivity contribution is 7.07. The van der Waals surface area contributed by atoms with Crippen LogP contribution in [0, 0.1) is 0 Å². The molecule has 1 aromatic carbocycles. The van der Waals surface area contributed by atoms with Gasteiger partial charge in [-0.1, -0.05) is 24.3 Å².